The maximum atomic E-state index is 12.2. The molecule has 0 bridgehead atoms. The van der Waals surface area contributed by atoms with Gasteiger partial charge in [0.05, 0.1) is 35.0 Å². The molecule has 0 aliphatic rings. The average Bonchev–Trinajstić information content (AvgIpc) is 2.47. The third-order valence-electron chi connectivity index (χ3n) is 2.81. The number of nitriles is 1. The first kappa shape index (κ1) is 14.8. The first-order valence-corrected chi connectivity index (χ1v) is 6.44. The number of hydrogen-bond donors (Lipinski definition) is 1. The Morgan fingerprint density at radius 3 is 2.81 bits per heavy atom. The maximum Gasteiger partial charge on any atom is 0.258 e. The van der Waals surface area contributed by atoms with Crippen molar-refractivity contribution in [2.75, 3.05) is 12.4 Å². The van der Waals surface area contributed by atoms with Gasteiger partial charge in [-0.1, -0.05) is 11.6 Å². The van der Waals surface area contributed by atoms with E-state index in [9.17, 15) is 4.79 Å². The van der Waals surface area contributed by atoms with Gasteiger partial charge in [-0.2, -0.15) is 5.26 Å². The minimum Gasteiger partial charge on any atom is -0.495 e. The zero-order valence-corrected chi connectivity index (χ0v) is 12.2. The molecule has 1 amide bonds. The Kier molecular flexibility index (Phi) is 4.41. The molecule has 0 saturated heterocycles. The number of aromatic nitrogens is 1. The summed E-state index contributed by atoms with van der Waals surface area (Å²) in [5.74, 6) is 0.00843. The van der Waals surface area contributed by atoms with Crippen molar-refractivity contribution in [1.29, 1.82) is 5.26 Å². The number of methoxy groups -OCH3 is 1. The van der Waals surface area contributed by atoms with Gasteiger partial charge in [0.15, 0.2) is 0 Å². The first-order chi connectivity index (χ1) is 10.0. The molecule has 0 atom stereocenters. The summed E-state index contributed by atoms with van der Waals surface area (Å²) in [6.45, 7) is 1.79. The standard InChI is InChI=1S/C15H12ClN3O2/c1-9-5-12(16)11(8-18-9)15(20)19-13-4-3-10(7-17)6-14(13)21-2/h3-6,8H,1-2H3,(H,19,20). The molecule has 0 aliphatic carbocycles. The molecule has 1 heterocycles. The van der Waals surface area contributed by atoms with Gasteiger partial charge in [-0.05, 0) is 25.1 Å². The highest BCUT2D eigenvalue weighted by Crippen LogP contribution is 2.26. The fourth-order valence-electron chi connectivity index (χ4n) is 1.75. The number of amides is 1. The van der Waals surface area contributed by atoms with Crippen LogP contribution in [-0.2, 0) is 0 Å². The second-order valence-corrected chi connectivity index (χ2v) is 4.69. The third-order valence-corrected chi connectivity index (χ3v) is 3.13. The number of nitrogens with zero attached hydrogens (tertiary/aromatic N) is 2. The van der Waals surface area contributed by atoms with Gasteiger partial charge >= 0.3 is 0 Å². The van der Waals surface area contributed by atoms with Crippen molar-refractivity contribution in [1.82, 2.24) is 4.98 Å². The summed E-state index contributed by atoms with van der Waals surface area (Å²) in [6, 6.07) is 8.36. The van der Waals surface area contributed by atoms with E-state index in [1.54, 1.807) is 31.2 Å². The molecular formula is C15H12ClN3O2. The predicted octanol–water partition coefficient (Wildman–Crippen LogP) is 3.18. The van der Waals surface area contributed by atoms with E-state index in [0.717, 1.165) is 5.69 Å². The van der Waals surface area contributed by atoms with Crippen molar-refractivity contribution in [2.45, 2.75) is 6.92 Å². The van der Waals surface area contributed by atoms with E-state index in [-0.39, 0.29) is 5.56 Å². The summed E-state index contributed by atoms with van der Waals surface area (Å²) in [5, 5.41) is 11.9. The molecule has 0 aliphatic heterocycles. The summed E-state index contributed by atoms with van der Waals surface area (Å²) >= 11 is 6.04. The highest BCUT2D eigenvalue weighted by atomic mass is 35.5. The van der Waals surface area contributed by atoms with Gasteiger partial charge in [0, 0.05) is 18.0 Å². The van der Waals surface area contributed by atoms with Crippen LogP contribution in [0.25, 0.3) is 0 Å². The maximum absolute atomic E-state index is 12.2. The first-order valence-electron chi connectivity index (χ1n) is 6.06. The molecule has 106 valence electrons. The number of hydrogen-bond acceptors (Lipinski definition) is 4. The molecule has 1 N–H and O–H groups in total. The molecule has 2 aromatic rings. The van der Waals surface area contributed by atoms with E-state index in [4.69, 9.17) is 21.6 Å². The van der Waals surface area contributed by atoms with Gasteiger partial charge < -0.3 is 10.1 Å². The van der Waals surface area contributed by atoms with Gasteiger partial charge in [-0.15, -0.1) is 0 Å². The Bertz CT molecular complexity index is 738. The van der Waals surface area contributed by atoms with Gasteiger partial charge in [0.25, 0.3) is 5.91 Å². The molecular weight excluding hydrogens is 290 g/mol. The second kappa shape index (κ2) is 6.25. The molecule has 2 rings (SSSR count). The third kappa shape index (κ3) is 3.30. The van der Waals surface area contributed by atoms with Crippen molar-refractivity contribution >= 4 is 23.2 Å². The number of aryl methyl sites for hydroxylation is 1. The summed E-state index contributed by atoms with van der Waals surface area (Å²) in [7, 11) is 1.46. The van der Waals surface area contributed by atoms with Crippen LogP contribution in [-0.4, -0.2) is 18.0 Å². The smallest absolute Gasteiger partial charge is 0.258 e. The molecule has 1 aromatic carbocycles. The molecule has 0 saturated carbocycles. The zero-order chi connectivity index (χ0) is 15.4. The van der Waals surface area contributed by atoms with Crippen LogP contribution in [0.3, 0.4) is 0 Å². The molecule has 0 spiro atoms. The van der Waals surface area contributed by atoms with Crippen LogP contribution in [0.5, 0.6) is 5.75 Å². The molecule has 0 radical (unpaired) electrons. The van der Waals surface area contributed by atoms with Crippen LogP contribution in [0.1, 0.15) is 21.6 Å². The second-order valence-electron chi connectivity index (χ2n) is 4.29. The number of rotatable bonds is 3. The summed E-state index contributed by atoms with van der Waals surface area (Å²) in [5.41, 5.74) is 1.90. The number of pyridine rings is 1. The molecule has 21 heavy (non-hydrogen) atoms. The lowest BCUT2D eigenvalue weighted by Crippen LogP contribution is -2.13. The van der Waals surface area contributed by atoms with Crippen LogP contribution in [0.2, 0.25) is 5.02 Å². The molecule has 0 unspecified atom stereocenters. The van der Waals surface area contributed by atoms with E-state index < -0.39 is 5.91 Å². The average molecular weight is 302 g/mol. The Balaban J connectivity index is 2.29. The summed E-state index contributed by atoms with van der Waals surface area (Å²) < 4.78 is 5.16. The van der Waals surface area contributed by atoms with Gasteiger partial charge in [-0.3, -0.25) is 9.78 Å². The van der Waals surface area contributed by atoms with Crippen LogP contribution in [0, 0.1) is 18.3 Å². The van der Waals surface area contributed by atoms with Crippen molar-refractivity contribution in [3.63, 3.8) is 0 Å². The van der Waals surface area contributed by atoms with Gasteiger partial charge in [0.1, 0.15) is 5.75 Å². The molecule has 5 nitrogen and oxygen atoms in total. The monoisotopic (exact) mass is 301 g/mol. The minimum absolute atomic E-state index is 0.272. The summed E-state index contributed by atoms with van der Waals surface area (Å²) in [4.78, 5) is 16.3. The number of benzene rings is 1. The summed E-state index contributed by atoms with van der Waals surface area (Å²) in [6.07, 6.45) is 1.42. The number of halogens is 1. The van der Waals surface area contributed by atoms with Gasteiger partial charge in [-0.25, -0.2) is 0 Å². The highest BCUT2D eigenvalue weighted by Gasteiger charge is 2.14. The molecule has 1 aromatic heterocycles. The largest absolute Gasteiger partial charge is 0.495 e. The SMILES string of the molecule is COc1cc(C#N)ccc1NC(=O)c1cnc(C)cc1Cl. The zero-order valence-electron chi connectivity index (χ0n) is 11.5. The number of carbonyl (C=O) groups excluding carboxylic acids is 1. The van der Waals surface area contributed by atoms with E-state index in [1.165, 1.54) is 13.3 Å². The van der Waals surface area contributed by atoms with Gasteiger partial charge in [0.2, 0.25) is 0 Å². The highest BCUT2D eigenvalue weighted by molar-refractivity contribution is 6.34. The fraction of sp³-hybridized carbons (Fsp3) is 0.133. The Labute approximate surface area is 127 Å². The Morgan fingerprint density at radius 2 is 2.19 bits per heavy atom. The Morgan fingerprint density at radius 1 is 1.43 bits per heavy atom. The number of carbonyl (C=O) groups is 1. The van der Waals surface area contributed by atoms with E-state index in [1.807, 2.05) is 6.07 Å². The van der Waals surface area contributed by atoms with Crippen LogP contribution < -0.4 is 10.1 Å². The van der Waals surface area contributed by atoms with Crippen LogP contribution in [0.4, 0.5) is 5.69 Å². The topological polar surface area (TPSA) is 75.0 Å². The lowest BCUT2D eigenvalue weighted by Gasteiger charge is -2.11. The normalized spacial score (nSPS) is 9.81. The van der Waals surface area contributed by atoms with Crippen LogP contribution in [0.15, 0.2) is 30.5 Å². The Hall–Kier alpha value is -2.58. The van der Waals surface area contributed by atoms with Crippen molar-refractivity contribution in [2.24, 2.45) is 0 Å². The van der Waals surface area contributed by atoms with E-state index in [2.05, 4.69) is 10.3 Å². The van der Waals surface area contributed by atoms with Crippen molar-refractivity contribution in [3.8, 4) is 11.8 Å². The van der Waals surface area contributed by atoms with Crippen LogP contribution >= 0.6 is 11.6 Å². The number of ether oxygens (including phenoxy) is 1. The number of nitrogens with one attached hydrogen (secondary N) is 1. The predicted molar refractivity (Wildman–Crippen MR) is 79.6 cm³/mol. The molecule has 6 heteroatoms. The fourth-order valence-corrected chi connectivity index (χ4v) is 2.04. The van der Waals surface area contributed by atoms with E-state index in [0.29, 0.717) is 22.0 Å². The lowest BCUT2D eigenvalue weighted by atomic mass is 10.2. The van der Waals surface area contributed by atoms with E-state index >= 15 is 0 Å². The molecule has 0 fully saturated rings. The van der Waals surface area contributed by atoms with Crippen molar-refractivity contribution < 1.29 is 9.53 Å². The quantitative estimate of drug-likeness (QED) is 0.944. The minimum atomic E-state index is -0.393. The number of anilines is 1. The van der Waals surface area contributed by atoms with Crippen molar-refractivity contribution in [3.05, 3.63) is 52.3 Å². The lowest BCUT2D eigenvalue weighted by molar-refractivity contribution is 0.102.